The summed E-state index contributed by atoms with van der Waals surface area (Å²) < 4.78 is 21.9. The predicted octanol–water partition coefficient (Wildman–Crippen LogP) is -0.147. The number of hydrogen-bond acceptors (Lipinski definition) is 4. The minimum Gasteiger partial charge on any atom is -0.324 e. The molecular formula is C8H14N2O6P2. The summed E-state index contributed by atoms with van der Waals surface area (Å²) in [5.41, 5.74) is 0.654. The van der Waals surface area contributed by atoms with Crippen LogP contribution in [0.2, 0.25) is 0 Å². The molecule has 8 nitrogen and oxygen atoms in total. The molecule has 1 aromatic rings. The van der Waals surface area contributed by atoms with E-state index in [2.05, 4.69) is 10.3 Å². The molecule has 18 heavy (non-hydrogen) atoms. The fourth-order valence-electron chi connectivity index (χ4n) is 1.25. The Balaban J connectivity index is 2.69. The molecular weight excluding hydrogens is 282 g/mol. The van der Waals surface area contributed by atoms with Gasteiger partial charge in [0.15, 0.2) is 0 Å². The van der Waals surface area contributed by atoms with Crippen LogP contribution in [-0.2, 0) is 15.7 Å². The fraction of sp³-hybridized carbons (Fsp3) is 0.375. The van der Waals surface area contributed by atoms with E-state index in [0.29, 0.717) is 5.56 Å². The van der Waals surface area contributed by atoms with Gasteiger partial charge >= 0.3 is 15.2 Å². The molecule has 0 aromatic carbocycles. The number of nitrogens with zero attached hydrogens (tertiary/aromatic N) is 1. The van der Waals surface area contributed by atoms with Crippen molar-refractivity contribution in [1.29, 1.82) is 0 Å². The molecule has 1 aromatic heterocycles. The molecule has 0 aliphatic carbocycles. The molecule has 10 heteroatoms. The van der Waals surface area contributed by atoms with E-state index >= 15 is 0 Å². The molecule has 0 saturated carbocycles. The van der Waals surface area contributed by atoms with Gasteiger partial charge in [-0.3, -0.25) is 19.4 Å². The molecule has 1 unspecified atom stereocenters. The second-order valence-electron chi connectivity index (χ2n) is 3.69. The highest BCUT2D eigenvalue weighted by atomic mass is 31.2. The Labute approximate surface area is 103 Å². The largest absolute Gasteiger partial charge is 0.342 e. The van der Waals surface area contributed by atoms with E-state index < -0.39 is 27.1 Å². The third-order valence-electron chi connectivity index (χ3n) is 2.08. The average molecular weight is 296 g/mol. The molecule has 5 N–H and O–H groups in total. The van der Waals surface area contributed by atoms with Crippen molar-refractivity contribution < 1.29 is 28.7 Å². The number of pyridine rings is 1. The lowest BCUT2D eigenvalue weighted by Crippen LogP contribution is -2.32. The van der Waals surface area contributed by atoms with Crippen molar-refractivity contribution in [2.24, 2.45) is 0 Å². The van der Waals surface area contributed by atoms with Gasteiger partial charge in [0.2, 0.25) is 0 Å². The summed E-state index contributed by atoms with van der Waals surface area (Å²) in [7, 11) is -9.14. The van der Waals surface area contributed by atoms with Crippen molar-refractivity contribution >= 4 is 15.2 Å². The van der Waals surface area contributed by atoms with Crippen LogP contribution in [0.25, 0.3) is 0 Å². The Morgan fingerprint density at radius 2 is 1.94 bits per heavy atom. The van der Waals surface area contributed by atoms with Gasteiger partial charge in [-0.05, 0) is 11.6 Å². The standard InChI is InChI=1S/C8H14N2O6P2/c11-17(12,13)6-8(18(14,15)16)10-5-7-2-1-3-9-4-7/h1-4,8,10H,5-6H2,(H2,11,12,13)(H2,14,15,16). The van der Waals surface area contributed by atoms with Crippen LogP contribution in [0.3, 0.4) is 0 Å². The van der Waals surface area contributed by atoms with Crippen LogP contribution in [0.15, 0.2) is 24.5 Å². The van der Waals surface area contributed by atoms with E-state index in [1.807, 2.05) is 0 Å². The van der Waals surface area contributed by atoms with Gasteiger partial charge in [0.05, 0.1) is 6.16 Å². The number of hydrogen-bond donors (Lipinski definition) is 5. The zero-order valence-corrected chi connectivity index (χ0v) is 11.0. The molecule has 1 heterocycles. The van der Waals surface area contributed by atoms with E-state index in [9.17, 15) is 9.13 Å². The normalized spacial score (nSPS) is 14.4. The first-order valence-electron chi connectivity index (χ1n) is 4.90. The zero-order chi connectivity index (χ0) is 13.8. The molecule has 0 bridgehead atoms. The molecule has 0 aliphatic rings. The first kappa shape index (κ1) is 15.5. The number of aromatic nitrogens is 1. The SMILES string of the molecule is O=P(O)(O)CC(NCc1cccnc1)P(=O)(O)O. The lowest BCUT2D eigenvalue weighted by atomic mass is 10.3. The Morgan fingerprint density at radius 1 is 1.28 bits per heavy atom. The molecule has 0 aliphatic heterocycles. The molecule has 0 amide bonds. The first-order valence-corrected chi connectivity index (χ1v) is 8.38. The van der Waals surface area contributed by atoms with Crippen LogP contribution >= 0.6 is 15.2 Å². The van der Waals surface area contributed by atoms with E-state index in [4.69, 9.17) is 19.6 Å². The Kier molecular flexibility index (Phi) is 5.19. The third-order valence-corrected chi connectivity index (χ3v) is 4.39. The summed E-state index contributed by atoms with van der Waals surface area (Å²) in [6.45, 7) is 0.0591. The summed E-state index contributed by atoms with van der Waals surface area (Å²) in [6, 6.07) is 3.32. The highest BCUT2D eigenvalue weighted by Gasteiger charge is 2.34. The van der Waals surface area contributed by atoms with Crippen LogP contribution in [0.1, 0.15) is 5.56 Å². The van der Waals surface area contributed by atoms with Crippen LogP contribution < -0.4 is 5.32 Å². The van der Waals surface area contributed by atoms with E-state index in [0.717, 1.165) is 0 Å². The fourth-order valence-corrected chi connectivity index (χ4v) is 3.65. The highest BCUT2D eigenvalue weighted by Crippen LogP contribution is 2.47. The maximum Gasteiger partial charge on any atom is 0.342 e. The van der Waals surface area contributed by atoms with Crippen molar-refractivity contribution in [3.8, 4) is 0 Å². The molecule has 102 valence electrons. The topological polar surface area (TPSA) is 140 Å². The zero-order valence-electron chi connectivity index (χ0n) is 9.25. The van der Waals surface area contributed by atoms with Gasteiger partial charge in [-0.25, -0.2) is 0 Å². The van der Waals surface area contributed by atoms with Crippen LogP contribution in [0, 0.1) is 0 Å². The van der Waals surface area contributed by atoms with Crippen molar-refractivity contribution in [2.45, 2.75) is 12.3 Å². The average Bonchev–Trinajstić information content (AvgIpc) is 2.22. The van der Waals surface area contributed by atoms with Gasteiger partial charge in [0.1, 0.15) is 5.78 Å². The van der Waals surface area contributed by atoms with Gasteiger partial charge in [-0.2, -0.15) is 0 Å². The molecule has 0 radical (unpaired) electrons. The van der Waals surface area contributed by atoms with Crippen molar-refractivity contribution in [1.82, 2.24) is 10.3 Å². The van der Waals surface area contributed by atoms with Crippen molar-refractivity contribution in [2.75, 3.05) is 6.16 Å². The second kappa shape index (κ2) is 6.04. The van der Waals surface area contributed by atoms with Gasteiger partial charge < -0.3 is 19.6 Å². The Bertz CT molecular complexity index is 470. The minimum absolute atomic E-state index is 0.0591. The van der Waals surface area contributed by atoms with E-state index in [1.54, 1.807) is 18.3 Å². The van der Waals surface area contributed by atoms with Crippen LogP contribution in [-0.4, -0.2) is 36.5 Å². The first-order chi connectivity index (χ1) is 8.18. The molecule has 0 saturated heterocycles. The smallest absolute Gasteiger partial charge is 0.324 e. The predicted molar refractivity (Wildman–Crippen MR) is 63.8 cm³/mol. The third kappa shape index (κ3) is 5.84. The summed E-state index contributed by atoms with van der Waals surface area (Å²) in [5.74, 6) is -1.58. The van der Waals surface area contributed by atoms with Gasteiger partial charge in [0.25, 0.3) is 0 Å². The maximum absolute atomic E-state index is 11.1. The summed E-state index contributed by atoms with van der Waals surface area (Å²) in [6.07, 6.45) is 2.11. The van der Waals surface area contributed by atoms with E-state index in [-0.39, 0.29) is 6.54 Å². The van der Waals surface area contributed by atoms with Gasteiger partial charge in [-0.15, -0.1) is 0 Å². The van der Waals surface area contributed by atoms with Crippen LogP contribution in [0.4, 0.5) is 0 Å². The number of nitrogens with one attached hydrogen (secondary N) is 1. The molecule has 1 rings (SSSR count). The summed E-state index contributed by atoms with van der Waals surface area (Å²) in [4.78, 5) is 39.4. The monoisotopic (exact) mass is 296 g/mol. The lowest BCUT2D eigenvalue weighted by Gasteiger charge is -2.20. The molecule has 0 fully saturated rings. The molecule has 0 spiro atoms. The van der Waals surface area contributed by atoms with Crippen molar-refractivity contribution in [3.63, 3.8) is 0 Å². The lowest BCUT2D eigenvalue weighted by molar-refractivity contribution is 0.335. The maximum atomic E-state index is 11.1. The van der Waals surface area contributed by atoms with E-state index in [1.165, 1.54) is 6.20 Å². The van der Waals surface area contributed by atoms with Crippen molar-refractivity contribution in [3.05, 3.63) is 30.1 Å². The van der Waals surface area contributed by atoms with Gasteiger partial charge in [-0.1, -0.05) is 6.07 Å². The number of rotatable bonds is 6. The van der Waals surface area contributed by atoms with Crippen LogP contribution in [0.5, 0.6) is 0 Å². The summed E-state index contributed by atoms with van der Waals surface area (Å²) >= 11 is 0. The second-order valence-corrected chi connectivity index (χ2v) is 7.19. The highest BCUT2D eigenvalue weighted by molar-refractivity contribution is 7.56. The summed E-state index contributed by atoms with van der Waals surface area (Å²) in [5, 5.41) is 2.44. The Hall–Kier alpha value is -0.590. The molecule has 1 atom stereocenters. The van der Waals surface area contributed by atoms with Gasteiger partial charge in [0, 0.05) is 18.9 Å². The quantitative estimate of drug-likeness (QED) is 0.457. The Morgan fingerprint density at radius 3 is 2.39 bits per heavy atom. The minimum atomic E-state index is -4.63.